The molecule has 0 saturated heterocycles. The van der Waals surface area contributed by atoms with E-state index in [4.69, 9.17) is 51.6 Å². The quantitative estimate of drug-likeness (QED) is 0.0607. The Kier molecular flexibility index (Phi) is 15.7. The van der Waals surface area contributed by atoms with Crippen molar-refractivity contribution in [1.82, 2.24) is 0 Å². The van der Waals surface area contributed by atoms with Crippen LogP contribution < -0.4 is 20.3 Å². The van der Waals surface area contributed by atoms with Crippen LogP contribution in [0, 0.1) is 5.41 Å². The zero-order valence-corrected chi connectivity index (χ0v) is 41.9. The van der Waals surface area contributed by atoms with Crippen molar-refractivity contribution in [3.05, 3.63) is 103 Å². The molecular weight excluding hydrogens is 920 g/mol. The van der Waals surface area contributed by atoms with Gasteiger partial charge in [0, 0.05) is 38.4 Å². The Hall–Kier alpha value is -3.98. The fourth-order valence-electron chi connectivity index (χ4n) is 8.32. The van der Waals surface area contributed by atoms with Gasteiger partial charge in [0.15, 0.2) is 16.6 Å². The molecule has 0 N–H and O–H groups in total. The lowest BCUT2D eigenvalue weighted by molar-refractivity contribution is -0.219. The van der Waals surface area contributed by atoms with E-state index >= 15 is 0 Å². The van der Waals surface area contributed by atoms with Gasteiger partial charge >= 0.3 is 0 Å². The van der Waals surface area contributed by atoms with Crippen molar-refractivity contribution in [3.63, 3.8) is 0 Å². The van der Waals surface area contributed by atoms with Gasteiger partial charge in [-0.3, -0.25) is 19.2 Å². The summed E-state index contributed by atoms with van der Waals surface area (Å²) < 4.78 is 40.4. The Morgan fingerprint density at radius 1 is 0.742 bits per heavy atom. The smallest absolute Gasteiger partial charge is 0.201 e. The Balaban J connectivity index is 0.844. The molecule has 4 aromatic carbocycles. The van der Waals surface area contributed by atoms with Crippen LogP contribution in [0.3, 0.4) is 0 Å². The van der Waals surface area contributed by atoms with Crippen molar-refractivity contribution >= 4 is 97.8 Å². The summed E-state index contributed by atoms with van der Waals surface area (Å²) in [5, 5.41) is 2.64. The molecule has 10 nitrogen and oxygen atoms in total. The van der Waals surface area contributed by atoms with Crippen LogP contribution in [0.25, 0.3) is 40.3 Å². The average molecular weight is 978 g/mol. The van der Waals surface area contributed by atoms with E-state index in [1.165, 1.54) is 22.7 Å². The number of ketones is 2. The zero-order chi connectivity index (χ0) is 47.6. The van der Waals surface area contributed by atoms with E-state index < -0.39 is 11.7 Å². The van der Waals surface area contributed by atoms with Gasteiger partial charge in [0.25, 0.3) is 0 Å². The predicted molar refractivity (Wildman–Crippen MR) is 268 cm³/mol. The fraction of sp³-hybridized carbons (Fsp3) is 0.462. The lowest BCUT2D eigenvalue weighted by Crippen LogP contribution is -2.55. The van der Waals surface area contributed by atoms with E-state index in [2.05, 4.69) is 20.8 Å². The minimum atomic E-state index is -1.07. The van der Waals surface area contributed by atoms with Crippen molar-refractivity contribution in [2.24, 2.45) is 5.41 Å². The van der Waals surface area contributed by atoms with E-state index in [0.29, 0.717) is 91.4 Å². The maximum atomic E-state index is 13.7. The van der Waals surface area contributed by atoms with Gasteiger partial charge < -0.3 is 28.4 Å². The van der Waals surface area contributed by atoms with E-state index in [9.17, 15) is 19.2 Å². The summed E-state index contributed by atoms with van der Waals surface area (Å²) in [5.74, 6) is 0.451. The largest absolute Gasteiger partial charge is 0.484 e. The van der Waals surface area contributed by atoms with Gasteiger partial charge in [-0.15, -0.1) is 22.7 Å². The first-order valence-electron chi connectivity index (χ1n) is 22.5. The molecule has 3 unspecified atom stereocenters. The van der Waals surface area contributed by atoms with Crippen LogP contribution in [0.4, 0.5) is 0 Å². The highest BCUT2D eigenvalue weighted by Crippen LogP contribution is 2.44. The average Bonchev–Trinajstić information content (AvgIpc) is 3.28. The lowest BCUT2D eigenvalue weighted by atomic mass is 9.74. The summed E-state index contributed by atoms with van der Waals surface area (Å²) in [4.78, 5) is 53.5. The second-order valence-corrected chi connectivity index (χ2v) is 21.4. The number of carbonyl (C=O) groups excluding carboxylic acids is 2. The van der Waals surface area contributed by atoms with Crippen LogP contribution in [0.5, 0.6) is 11.5 Å². The molecule has 352 valence electrons. The van der Waals surface area contributed by atoms with E-state index in [0.717, 1.165) is 15.8 Å². The Morgan fingerprint density at radius 2 is 1.27 bits per heavy atom. The minimum absolute atomic E-state index is 0.145. The number of carbonyl (C=O) groups is 2. The molecule has 0 aliphatic heterocycles. The molecule has 1 aliphatic rings. The summed E-state index contributed by atoms with van der Waals surface area (Å²) in [6, 6.07) is 21.4. The summed E-state index contributed by atoms with van der Waals surface area (Å²) >= 11 is 15.8. The van der Waals surface area contributed by atoms with Crippen LogP contribution in [-0.2, 0) is 28.5 Å². The fourth-order valence-corrected chi connectivity index (χ4v) is 11.3. The molecular formula is C52H58Cl2O10S2. The van der Waals surface area contributed by atoms with Crippen molar-refractivity contribution in [2.75, 3.05) is 26.4 Å². The molecule has 0 radical (unpaired) electrons. The summed E-state index contributed by atoms with van der Waals surface area (Å²) in [6.45, 7) is 16.2. The van der Waals surface area contributed by atoms with Crippen molar-refractivity contribution < 1.29 is 38.0 Å². The van der Waals surface area contributed by atoms with Gasteiger partial charge in [-0.1, -0.05) is 75.2 Å². The third-order valence-electron chi connectivity index (χ3n) is 12.6. The molecule has 7 rings (SSSR count). The van der Waals surface area contributed by atoms with Gasteiger partial charge in [-0.05, 0) is 95.5 Å². The molecule has 1 fully saturated rings. The predicted octanol–water partition coefficient (Wildman–Crippen LogP) is 12.2. The monoisotopic (exact) mass is 976 g/mol. The molecule has 2 aromatic heterocycles. The van der Waals surface area contributed by atoms with Gasteiger partial charge in [-0.25, -0.2) is 0 Å². The second-order valence-electron chi connectivity index (χ2n) is 18.5. The number of ether oxygens (including phenoxy) is 6. The molecule has 4 atom stereocenters. The van der Waals surface area contributed by atoms with Gasteiger partial charge in [0.1, 0.15) is 36.4 Å². The minimum Gasteiger partial charge on any atom is -0.484 e. The topological polar surface area (TPSA) is 124 Å². The third-order valence-corrected chi connectivity index (χ3v) is 15.6. The number of rotatable bonds is 22. The first-order valence-corrected chi connectivity index (χ1v) is 24.9. The summed E-state index contributed by atoms with van der Waals surface area (Å²) in [5.41, 5.74) is -2.06. The van der Waals surface area contributed by atoms with Crippen molar-refractivity contribution in [1.29, 1.82) is 0 Å². The first-order chi connectivity index (χ1) is 31.4. The van der Waals surface area contributed by atoms with E-state index in [1.54, 1.807) is 43.3 Å². The van der Waals surface area contributed by atoms with Crippen LogP contribution in [0.2, 0.25) is 10.0 Å². The van der Waals surface area contributed by atoms with Gasteiger partial charge in [0.2, 0.25) is 5.78 Å². The normalized spacial score (nSPS) is 18.8. The zero-order valence-electron chi connectivity index (χ0n) is 38.8. The molecule has 1 aliphatic carbocycles. The summed E-state index contributed by atoms with van der Waals surface area (Å²) in [6.07, 6.45) is 1.88. The van der Waals surface area contributed by atoms with Crippen LogP contribution in [0.1, 0.15) is 87.5 Å². The Labute approximate surface area is 403 Å². The maximum absolute atomic E-state index is 13.7. The molecule has 0 spiro atoms. The molecule has 0 bridgehead atoms. The van der Waals surface area contributed by atoms with Gasteiger partial charge in [-0.2, -0.15) is 0 Å². The highest BCUT2D eigenvalue weighted by molar-refractivity contribution is 7.25. The second kappa shape index (κ2) is 20.7. The number of halogens is 2. The molecule has 6 aromatic rings. The maximum Gasteiger partial charge on any atom is 0.201 e. The number of hydrogen-bond acceptors (Lipinski definition) is 12. The highest BCUT2D eigenvalue weighted by Gasteiger charge is 2.49. The number of benzene rings is 4. The standard InChI is InChI=1S/C52H58Cl2O10S2/c1-9-51(8,43(56)27-60-40-22-20-37(54)45-47(58)35-16-12-14-18-42(35)66-49(40)45)64-33-24-52(10-2,25-33)62-29-50(6,7)28-61-30(3)23-31(4)63-32(5)38(55)26-59-39-21-19-36(53)44-46(57)34-15-11-13-17-41(34)65-48(39)44/h11-22,30-33H,9-10,23-29H2,1-8H3/t30?,31?,32?,33?,51-,52?/m1/s1. The first kappa shape index (κ1) is 49.9. The van der Waals surface area contributed by atoms with Crippen molar-refractivity contribution in [2.45, 2.75) is 123 Å². The summed E-state index contributed by atoms with van der Waals surface area (Å²) in [7, 11) is 0. The van der Waals surface area contributed by atoms with Crippen LogP contribution >= 0.6 is 45.9 Å². The highest BCUT2D eigenvalue weighted by atomic mass is 35.5. The number of fused-ring (bicyclic) bond motifs is 4. The molecule has 14 heteroatoms. The SMILES string of the molecule is CCC1(OCC(C)(C)COC(C)CC(C)OC(C)C(=O)COc2ccc(Cl)c3c(=O)c4ccccc4sc23)CC(O[C@](C)(CC)C(=O)COc2ccc(Cl)c3c(=O)c4ccccc4sc23)C1. The molecule has 1 saturated carbocycles. The number of Topliss-reactive ketones (excluding diaryl/α,β-unsaturated/α-hetero) is 2. The van der Waals surface area contributed by atoms with Crippen LogP contribution in [0.15, 0.2) is 82.4 Å². The third kappa shape index (κ3) is 11.0. The Bertz CT molecular complexity index is 2870. The van der Waals surface area contributed by atoms with Crippen LogP contribution in [-0.4, -0.2) is 73.6 Å². The van der Waals surface area contributed by atoms with Crippen molar-refractivity contribution in [3.8, 4) is 11.5 Å². The lowest BCUT2D eigenvalue weighted by Gasteiger charge is -2.50. The number of hydrogen-bond donors (Lipinski definition) is 0. The Morgan fingerprint density at radius 3 is 1.80 bits per heavy atom. The molecule has 0 amide bonds. The van der Waals surface area contributed by atoms with Gasteiger partial charge in [0.05, 0.1) is 67.3 Å². The molecule has 66 heavy (non-hydrogen) atoms. The molecule has 2 heterocycles. The van der Waals surface area contributed by atoms with E-state index in [1.807, 2.05) is 64.1 Å². The van der Waals surface area contributed by atoms with E-state index in [-0.39, 0.29) is 65.0 Å².